The maximum atomic E-state index is 9.06. The third-order valence-electron chi connectivity index (χ3n) is 0.929. The second kappa shape index (κ2) is 2.18. The van der Waals surface area contributed by atoms with Crippen LogP contribution in [0.4, 0.5) is 0 Å². The zero-order valence-electron chi connectivity index (χ0n) is 5.56. The van der Waals surface area contributed by atoms with Crippen molar-refractivity contribution in [1.82, 2.24) is 0 Å². The van der Waals surface area contributed by atoms with E-state index in [0.29, 0.717) is 5.76 Å². The molecule has 0 saturated carbocycles. The minimum Gasteiger partial charge on any atom is -0.499 e. The van der Waals surface area contributed by atoms with Crippen molar-refractivity contribution in [2.75, 3.05) is 7.11 Å². The molecule has 48 valence electrons. The topological polar surface area (TPSA) is 29.5 Å². The van der Waals surface area contributed by atoms with Crippen molar-refractivity contribution in [1.29, 1.82) is 0 Å². The average Bonchev–Trinajstić information content (AvgIpc) is 1.62. The van der Waals surface area contributed by atoms with Crippen molar-refractivity contribution in [2.24, 2.45) is 0 Å². The Labute approximate surface area is 49.8 Å². The molecule has 0 atom stereocenters. The lowest BCUT2D eigenvalue weighted by molar-refractivity contribution is 0.0563. The maximum absolute atomic E-state index is 9.06. The second-order valence-corrected chi connectivity index (χ2v) is 2.19. The Balaban J connectivity index is 3.82. The van der Waals surface area contributed by atoms with Crippen LogP contribution >= 0.6 is 0 Å². The first-order valence-electron chi connectivity index (χ1n) is 2.44. The number of hydrogen-bond donors (Lipinski definition) is 1. The highest BCUT2D eigenvalue weighted by atomic mass is 16.5. The Bertz CT molecular complexity index is 89.2. The van der Waals surface area contributed by atoms with Gasteiger partial charge >= 0.3 is 0 Å². The van der Waals surface area contributed by atoms with Gasteiger partial charge in [-0.1, -0.05) is 6.58 Å². The fraction of sp³-hybridized carbons (Fsp3) is 0.667. The number of rotatable bonds is 2. The van der Waals surface area contributed by atoms with E-state index in [-0.39, 0.29) is 0 Å². The van der Waals surface area contributed by atoms with Crippen LogP contribution in [0.25, 0.3) is 0 Å². The summed E-state index contributed by atoms with van der Waals surface area (Å²) in [6.07, 6.45) is 0. The van der Waals surface area contributed by atoms with Gasteiger partial charge in [-0.2, -0.15) is 0 Å². The Kier molecular flexibility index (Phi) is 2.04. The molecule has 0 amide bonds. The number of methoxy groups -OCH3 is 1. The fourth-order valence-electron chi connectivity index (χ4n) is 0.250. The Morgan fingerprint density at radius 3 is 2.00 bits per heavy atom. The number of ether oxygens (including phenoxy) is 1. The molecule has 2 heteroatoms. The van der Waals surface area contributed by atoms with E-state index >= 15 is 0 Å². The molecule has 1 N–H and O–H groups in total. The maximum Gasteiger partial charge on any atom is 0.119 e. The van der Waals surface area contributed by atoms with Gasteiger partial charge in [-0.05, 0) is 13.8 Å². The van der Waals surface area contributed by atoms with Crippen LogP contribution in [-0.2, 0) is 4.74 Å². The van der Waals surface area contributed by atoms with E-state index in [1.54, 1.807) is 13.8 Å². The summed E-state index contributed by atoms with van der Waals surface area (Å²) in [4.78, 5) is 0. The van der Waals surface area contributed by atoms with Crippen molar-refractivity contribution in [2.45, 2.75) is 19.4 Å². The Morgan fingerprint density at radius 2 is 2.00 bits per heavy atom. The van der Waals surface area contributed by atoms with Crippen LogP contribution in [-0.4, -0.2) is 17.8 Å². The van der Waals surface area contributed by atoms with E-state index < -0.39 is 5.60 Å². The van der Waals surface area contributed by atoms with Crippen LogP contribution in [0.2, 0.25) is 0 Å². The fourth-order valence-corrected chi connectivity index (χ4v) is 0.250. The van der Waals surface area contributed by atoms with Crippen LogP contribution in [0, 0.1) is 0 Å². The van der Waals surface area contributed by atoms with Crippen molar-refractivity contribution in [3.8, 4) is 0 Å². The third kappa shape index (κ3) is 1.98. The number of hydrogen-bond acceptors (Lipinski definition) is 2. The molecule has 0 aliphatic heterocycles. The van der Waals surface area contributed by atoms with Crippen LogP contribution < -0.4 is 0 Å². The van der Waals surface area contributed by atoms with Crippen molar-refractivity contribution in [3.05, 3.63) is 12.3 Å². The molecule has 0 unspecified atom stereocenters. The van der Waals surface area contributed by atoms with Gasteiger partial charge in [0.1, 0.15) is 11.4 Å². The number of aliphatic hydroxyl groups is 1. The molecule has 0 fully saturated rings. The van der Waals surface area contributed by atoms with Gasteiger partial charge in [0.15, 0.2) is 0 Å². The summed E-state index contributed by atoms with van der Waals surface area (Å²) in [5.41, 5.74) is -0.908. The highest BCUT2D eigenvalue weighted by Gasteiger charge is 2.16. The molecule has 0 aromatic rings. The highest BCUT2D eigenvalue weighted by Crippen LogP contribution is 2.12. The predicted octanol–water partition coefficient (Wildman–Crippen LogP) is 0.917. The van der Waals surface area contributed by atoms with Crippen LogP contribution in [0.5, 0.6) is 0 Å². The zero-order valence-corrected chi connectivity index (χ0v) is 5.56. The lowest BCUT2D eigenvalue weighted by Crippen LogP contribution is -2.21. The molecule has 0 aromatic carbocycles. The van der Waals surface area contributed by atoms with Gasteiger partial charge < -0.3 is 9.84 Å². The molecular weight excluding hydrogens is 104 g/mol. The molecule has 0 saturated heterocycles. The van der Waals surface area contributed by atoms with E-state index in [1.807, 2.05) is 0 Å². The van der Waals surface area contributed by atoms with Gasteiger partial charge in [-0.15, -0.1) is 0 Å². The molecule has 0 heterocycles. The van der Waals surface area contributed by atoms with E-state index in [0.717, 1.165) is 0 Å². The molecule has 0 aliphatic carbocycles. The second-order valence-electron chi connectivity index (χ2n) is 2.19. The molecule has 2 nitrogen and oxygen atoms in total. The molecule has 8 heavy (non-hydrogen) atoms. The van der Waals surface area contributed by atoms with Crippen LogP contribution in [0.1, 0.15) is 13.8 Å². The predicted molar refractivity (Wildman–Crippen MR) is 32.4 cm³/mol. The van der Waals surface area contributed by atoms with Crippen LogP contribution in [0.3, 0.4) is 0 Å². The van der Waals surface area contributed by atoms with E-state index in [1.165, 1.54) is 7.11 Å². The largest absolute Gasteiger partial charge is 0.499 e. The first kappa shape index (κ1) is 7.50. The first-order valence-corrected chi connectivity index (χ1v) is 2.44. The summed E-state index contributed by atoms with van der Waals surface area (Å²) in [7, 11) is 1.49. The average molecular weight is 116 g/mol. The van der Waals surface area contributed by atoms with E-state index in [4.69, 9.17) is 5.11 Å². The van der Waals surface area contributed by atoms with E-state index in [9.17, 15) is 0 Å². The molecule has 0 radical (unpaired) electrons. The van der Waals surface area contributed by atoms with Gasteiger partial charge in [-0.25, -0.2) is 0 Å². The van der Waals surface area contributed by atoms with Gasteiger partial charge in [0.25, 0.3) is 0 Å². The summed E-state index contributed by atoms with van der Waals surface area (Å²) in [6.45, 7) is 6.72. The summed E-state index contributed by atoms with van der Waals surface area (Å²) >= 11 is 0. The summed E-state index contributed by atoms with van der Waals surface area (Å²) < 4.78 is 4.67. The zero-order chi connectivity index (χ0) is 6.78. The smallest absolute Gasteiger partial charge is 0.119 e. The molecule has 0 spiro atoms. The lowest BCUT2D eigenvalue weighted by Gasteiger charge is -2.17. The molecular formula is C6H12O2. The van der Waals surface area contributed by atoms with Gasteiger partial charge in [0.05, 0.1) is 7.11 Å². The van der Waals surface area contributed by atoms with Crippen molar-refractivity contribution < 1.29 is 9.84 Å². The quantitative estimate of drug-likeness (QED) is 0.543. The minimum atomic E-state index is -0.908. The van der Waals surface area contributed by atoms with Crippen molar-refractivity contribution >= 4 is 0 Å². The summed E-state index contributed by atoms with van der Waals surface area (Å²) in [5, 5.41) is 9.06. The van der Waals surface area contributed by atoms with E-state index in [2.05, 4.69) is 11.3 Å². The highest BCUT2D eigenvalue weighted by molar-refractivity contribution is 4.98. The molecule has 0 aliphatic rings. The van der Waals surface area contributed by atoms with Crippen molar-refractivity contribution in [3.63, 3.8) is 0 Å². The summed E-state index contributed by atoms with van der Waals surface area (Å²) in [6, 6.07) is 0. The standard InChI is InChI=1S/C6H12O2/c1-5(8-4)6(2,3)7/h7H,1H2,2-4H3. The minimum absolute atomic E-state index is 0.387. The Morgan fingerprint density at radius 1 is 1.62 bits per heavy atom. The SMILES string of the molecule is C=C(OC)C(C)(C)O. The van der Waals surface area contributed by atoms with Gasteiger partial charge in [-0.3, -0.25) is 0 Å². The third-order valence-corrected chi connectivity index (χ3v) is 0.929. The monoisotopic (exact) mass is 116 g/mol. The van der Waals surface area contributed by atoms with Gasteiger partial charge in [0.2, 0.25) is 0 Å². The van der Waals surface area contributed by atoms with Gasteiger partial charge in [0, 0.05) is 0 Å². The molecule has 0 rings (SSSR count). The van der Waals surface area contributed by atoms with Crippen LogP contribution in [0.15, 0.2) is 12.3 Å². The first-order chi connectivity index (χ1) is 3.48. The lowest BCUT2D eigenvalue weighted by atomic mass is 10.1. The Hall–Kier alpha value is -0.500. The molecule has 0 bridgehead atoms. The normalized spacial score (nSPS) is 11.0. The molecule has 0 aromatic heterocycles. The summed E-state index contributed by atoms with van der Waals surface area (Å²) in [5.74, 6) is 0.387.